The molecule has 0 radical (unpaired) electrons. The minimum absolute atomic E-state index is 0.00648. The van der Waals surface area contributed by atoms with Crippen LogP contribution in [0.2, 0.25) is 0 Å². The third-order valence-electron chi connectivity index (χ3n) is 5.60. The van der Waals surface area contributed by atoms with Gasteiger partial charge in [0.05, 0.1) is 0 Å². The normalized spacial score (nSPS) is 46.1. The largest absolute Gasteiger partial charge is 0.451 e. The number of hydrogen-bond acceptors (Lipinski definition) is 4. The van der Waals surface area contributed by atoms with Gasteiger partial charge in [0.15, 0.2) is 11.4 Å². The first kappa shape index (κ1) is 11.9. The fourth-order valence-electron chi connectivity index (χ4n) is 4.70. The minimum atomic E-state index is -0.933. The SMILES string of the molecule is CC(=O)OC12CCCC3(CC(=O)CC[C@]31C)C2=O. The molecule has 3 saturated carbocycles. The second-order valence-corrected chi connectivity index (χ2v) is 6.23. The Labute approximate surface area is 106 Å². The van der Waals surface area contributed by atoms with Crippen molar-refractivity contribution in [2.75, 3.05) is 0 Å². The van der Waals surface area contributed by atoms with E-state index in [2.05, 4.69) is 0 Å². The lowest BCUT2D eigenvalue weighted by Gasteiger charge is -2.71. The van der Waals surface area contributed by atoms with Crippen molar-refractivity contribution < 1.29 is 19.1 Å². The summed E-state index contributed by atoms with van der Waals surface area (Å²) in [6.45, 7) is 3.39. The molecule has 98 valence electrons. The standard InChI is InChI=1S/C14H18O4/c1-9(15)18-14-6-3-5-13(11(14)17)8-10(16)4-7-12(13,14)2/h3-8H2,1-2H3/t12-,13?,14?/m1/s1. The zero-order chi connectivity index (χ0) is 13.2. The summed E-state index contributed by atoms with van der Waals surface area (Å²) in [4.78, 5) is 35.6. The van der Waals surface area contributed by atoms with E-state index in [4.69, 9.17) is 4.74 Å². The lowest BCUT2D eigenvalue weighted by Crippen LogP contribution is -2.81. The van der Waals surface area contributed by atoms with E-state index in [0.717, 1.165) is 12.8 Å². The molecule has 3 aliphatic rings. The Hall–Kier alpha value is -1.19. The first-order chi connectivity index (χ1) is 8.38. The van der Waals surface area contributed by atoms with Gasteiger partial charge in [-0.2, -0.15) is 0 Å². The van der Waals surface area contributed by atoms with E-state index in [1.54, 1.807) is 0 Å². The van der Waals surface area contributed by atoms with Crippen LogP contribution in [0.3, 0.4) is 0 Å². The first-order valence-electron chi connectivity index (χ1n) is 6.64. The van der Waals surface area contributed by atoms with Gasteiger partial charge in [-0.25, -0.2) is 0 Å². The molecule has 4 heteroatoms. The van der Waals surface area contributed by atoms with Crippen LogP contribution in [-0.4, -0.2) is 23.1 Å². The predicted molar refractivity (Wildman–Crippen MR) is 62.8 cm³/mol. The zero-order valence-corrected chi connectivity index (χ0v) is 10.9. The maximum Gasteiger partial charge on any atom is 0.303 e. The van der Waals surface area contributed by atoms with Crippen LogP contribution in [0.15, 0.2) is 0 Å². The molecule has 0 N–H and O–H groups in total. The molecule has 3 aliphatic carbocycles. The van der Waals surface area contributed by atoms with Crippen molar-refractivity contribution in [1.29, 1.82) is 0 Å². The lowest BCUT2D eigenvalue weighted by molar-refractivity contribution is -0.265. The predicted octanol–water partition coefficient (Wildman–Crippen LogP) is 1.80. The summed E-state index contributed by atoms with van der Waals surface area (Å²) < 4.78 is 5.46. The highest BCUT2D eigenvalue weighted by molar-refractivity contribution is 6.07. The molecule has 0 spiro atoms. The molecule has 4 nitrogen and oxygen atoms in total. The molecule has 2 unspecified atom stereocenters. The summed E-state index contributed by atoms with van der Waals surface area (Å²) in [5.74, 6) is -0.205. The average molecular weight is 250 g/mol. The Kier molecular flexibility index (Phi) is 2.13. The van der Waals surface area contributed by atoms with Gasteiger partial charge in [0.25, 0.3) is 0 Å². The van der Waals surface area contributed by atoms with Crippen LogP contribution in [0.1, 0.15) is 52.4 Å². The van der Waals surface area contributed by atoms with Crippen LogP contribution >= 0.6 is 0 Å². The topological polar surface area (TPSA) is 60.4 Å². The second-order valence-electron chi connectivity index (χ2n) is 6.23. The van der Waals surface area contributed by atoms with E-state index < -0.39 is 17.0 Å². The van der Waals surface area contributed by atoms with E-state index in [1.807, 2.05) is 6.92 Å². The van der Waals surface area contributed by atoms with Crippen LogP contribution in [-0.2, 0) is 19.1 Å². The van der Waals surface area contributed by atoms with Crippen molar-refractivity contribution in [3.8, 4) is 0 Å². The molecule has 0 saturated heterocycles. The zero-order valence-electron chi connectivity index (χ0n) is 10.9. The molecule has 3 rings (SSSR count). The molecular formula is C14H18O4. The third kappa shape index (κ3) is 1.01. The highest BCUT2D eigenvalue weighted by atomic mass is 16.6. The molecule has 3 fully saturated rings. The fraction of sp³-hybridized carbons (Fsp3) is 0.786. The van der Waals surface area contributed by atoms with Crippen molar-refractivity contribution >= 4 is 17.5 Å². The number of Topliss-reactive ketones (excluding diaryl/α,β-unsaturated/α-hetero) is 2. The summed E-state index contributed by atoms with van der Waals surface area (Å²) in [5, 5.41) is 0. The van der Waals surface area contributed by atoms with Gasteiger partial charge in [-0.05, 0) is 25.7 Å². The van der Waals surface area contributed by atoms with Gasteiger partial charge < -0.3 is 4.74 Å². The molecule has 3 atom stereocenters. The highest BCUT2D eigenvalue weighted by Gasteiger charge is 2.82. The Bertz CT molecular complexity index is 468. The summed E-state index contributed by atoms with van der Waals surface area (Å²) >= 11 is 0. The highest BCUT2D eigenvalue weighted by Crippen LogP contribution is 2.73. The van der Waals surface area contributed by atoms with Gasteiger partial charge in [-0.1, -0.05) is 6.92 Å². The van der Waals surface area contributed by atoms with E-state index in [1.165, 1.54) is 6.92 Å². The molecule has 0 aromatic rings. The molecule has 0 aromatic heterocycles. The number of rotatable bonds is 1. The van der Waals surface area contributed by atoms with Gasteiger partial charge in [0, 0.05) is 30.6 Å². The van der Waals surface area contributed by atoms with Crippen molar-refractivity contribution in [2.24, 2.45) is 10.8 Å². The second kappa shape index (κ2) is 3.22. The van der Waals surface area contributed by atoms with Crippen molar-refractivity contribution in [2.45, 2.75) is 58.0 Å². The molecule has 2 bridgehead atoms. The Balaban J connectivity index is 2.06. The van der Waals surface area contributed by atoms with E-state index in [-0.39, 0.29) is 17.0 Å². The number of ketones is 2. The Morgan fingerprint density at radius 1 is 1.22 bits per heavy atom. The Morgan fingerprint density at radius 3 is 2.61 bits per heavy atom. The molecule has 0 heterocycles. The molecule has 18 heavy (non-hydrogen) atoms. The van der Waals surface area contributed by atoms with Crippen LogP contribution < -0.4 is 0 Å². The van der Waals surface area contributed by atoms with Gasteiger partial charge in [0.2, 0.25) is 0 Å². The van der Waals surface area contributed by atoms with Crippen LogP contribution in [0, 0.1) is 10.8 Å². The van der Waals surface area contributed by atoms with Gasteiger partial charge in [-0.15, -0.1) is 0 Å². The van der Waals surface area contributed by atoms with Crippen molar-refractivity contribution in [3.63, 3.8) is 0 Å². The lowest BCUT2D eigenvalue weighted by atomic mass is 9.32. The summed E-state index contributed by atoms with van der Waals surface area (Å²) in [6.07, 6.45) is 3.79. The number of carbonyl (C=O) groups is 3. The Morgan fingerprint density at radius 2 is 1.94 bits per heavy atom. The van der Waals surface area contributed by atoms with E-state index >= 15 is 0 Å². The molecular weight excluding hydrogens is 232 g/mol. The maximum absolute atomic E-state index is 12.6. The van der Waals surface area contributed by atoms with Crippen LogP contribution in [0.4, 0.5) is 0 Å². The molecule has 0 aliphatic heterocycles. The van der Waals surface area contributed by atoms with Crippen LogP contribution in [0.25, 0.3) is 0 Å². The van der Waals surface area contributed by atoms with E-state index in [9.17, 15) is 14.4 Å². The average Bonchev–Trinajstić information content (AvgIpc) is 2.30. The summed E-state index contributed by atoms with van der Waals surface area (Å²) in [5.41, 5.74) is -1.79. The van der Waals surface area contributed by atoms with Gasteiger partial charge >= 0.3 is 5.97 Å². The third-order valence-corrected chi connectivity index (χ3v) is 5.60. The monoisotopic (exact) mass is 250 g/mol. The minimum Gasteiger partial charge on any atom is -0.451 e. The van der Waals surface area contributed by atoms with Crippen LogP contribution in [0.5, 0.6) is 0 Å². The molecule has 0 amide bonds. The smallest absolute Gasteiger partial charge is 0.303 e. The van der Waals surface area contributed by atoms with Gasteiger partial charge in [0.1, 0.15) is 5.78 Å². The molecule has 0 aromatic carbocycles. The van der Waals surface area contributed by atoms with Gasteiger partial charge in [-0.3, -0.25) is 14.4 Å². The number of carbonyl (C=O) groups excluding carboxylic acids is 3. The number of ether oxygens (including phenoxy) is 1. The number of hydrogen-bond donors (Lipinski definition) is 0. The quantitative estimate of drug-likeness (QED) is 0.666. The first-order valence-corrected chi connectivity index (χ1v) is 6.64. The van der Waals surface area contributed by atoms with Crippen molar-refractivity contribution in [3.05, 3.63) is 0 Å². The van der Waals surface area contributed by atoms with E-state index in [0.29, 0.717) is 25.7 Å². The summed E-state index contributed by atoms with van der Waals surface area (Å²) in [6, 6.07) is 0. The fourth-order valence-corrected chi connectivity index (χ4v) is 4.70. The summed E-state index contributed by atoms with van der Waals surface area (Å²) in [7, 11) is 0. The number of esters is 1. The maximum atomic E-state index is 12.6. The van der Waals surface area contributed by atoms with Crippen molar-refractivity contribution in [1.82, 2.24) is 0 Å².